The van der Waals surface area contributed by atoms with Crippen LogP contribution in [0.1, 0.15) is 30.5 Å². The molecule has 0 saturated carbocycles. The number of H-pyrrole nitrogens is 1. The summed E-state index contributed by atoms with van der Waals surface area (Å²) in [4.78, 5) is 7.64. The molecule has 0 aliphatic rings. The number of ether oxygens (including phenoxy) is 1. The van der Waals surface area contributed by atoms with Gasteiger partial charge in [0, 0.05) is 28.9 Å². The maximum Gasteiger partial charge on any atom is 0.140 e. The zero-order chi connectivity index (χ0) is 13.2. The lowest BCUT2D eigenvalue weighted by atomic mass is 10.1. The molecule has 0 saturated heterocycles. The highest BCUT2D eigenvalue weighted by Crippen LogP contribution is 2.25. The molecule has 0 radical (unpaired) electrons. The lowest BCUT2D eigenvalue weighted by Crippen LogP contribution is -1.94. The first-order valence-electron chi connectivity index (χ1n) is 6.36. The third kappa shape index (κ3) is 2.63. The van der Waals surface area contributed by atoms with E-state index in [2.05, 4.69) is 42.0 Å². The molecule has 0 aliphatic heterocycles. The number of rotatable bonds is 4. The van der Waals surface area contributed by atoms with Gasteiger partial charge < -0.3 is 9.72 Å². The summed E-state index contributed by atoms with van der Waals surface area (Å²) in [5, 5.41) is 4.18. The van der Waals surface area contributed by atoms with Gasteiger partial charge in [-0.15, -0.1) is 11.3 Å². The van der Waals surface area contributed by atoms with Crippen molar-refractivity contribution < 1.29 is 4.74 Å². The second kappa shape index (κ2) is 5.05. The number of nitrogens with one attached hydrogen (secondary N) is 1. The zero-order valence-corrected chi connectivity index (χ0v) is 11.8. The van der Waals surface area contributed by atoms with E-state index >= 15 is 0 Å². The number of hydrogen-bond acceptors (Lipinski definition) is 3. The molecule has 0 amide bonds. The second-order valence-electron chi connectivity index (χ2n) is 4.84. The molecule has 0 unspecified atom stereocenters. The van der Waals surface area contributed by atoms with Crippen LogP contribution in [0.15, 0.2) is 35.8 Å². The quantitative estimate of drug-likeness (QED) is 0.767. The average molecular weight is 272 g/mol. The van der Waals surface area contributed by atoms with Crippen LogP contribution in [0.2, 0.25) is 0 Å². The molecule has 4 heteroatoms. The molecule has 3 nitrogen and oxygen atoms in total. The highest BCUT2D eigenvalue weighted by molar-refractivity contribution is 7.09. The van der Waals surface area contributed by atoms with Crippen molar-refractivity contribution >= 4 is 22.2 Å². The summed E-state index contributed by atoms with van der Waals surface area (Å²) in [5.41, 5.74) is 2.38. The Kier molecular flexibility index (Phi) is 3.25. The highest BCUT2D eigenvalue weighted by Gasteiger charge is 2.06. The number of thiazole rings is 1. The summed E-state index contributed by atoms with van der Waals surface area (Å²) in [5.74, 6) is 1.38. The van der Waals surface area contributed by atoms with E-state index in [0.717, 1.165) is 16.3 Å². The molecule has 0 bridgehead atoms. The van der Waals surface area contributed by atoms with E-state index in [1.165, 1.54) is 11.1 Å². The van der Waals surface area contributed by atoms with Crippen LogP contribution < -0.4 is 4.74 Å². The van der Waals surface area contributed by atoms with Crippen LogP contribution in [0.25, 0.3) is 10.9 Å². The van der Waals surface area contributed by atoms with E-state index in [1.807, 2.05) is 11.4 Å². The number of aromatic amines is 1. The van der Waals surface area contributed by atoms with Crippen LogP contribution in [-0.2, 0) is 6.61 Å². The summed E-state index contributed by atoms with van der Waals surface area (Å²) in [7, 11) is 0. The number of hydrogen-bond donors (Lipinski definition) is 1. The molecule has 0 atom stereocenters. The second-order valence-corrected chi connectivity index (χ2v) is 5.82. The molecular weight excluding hydrogens is 256 g/mol. The number of benzene rings is 1. The van der Waals surface area contributed by atoms with Gasteiger partial charge >= 0.3 is 0 Å². The van der Waals surface area contributed by atoms with E-state index in [1.54, 1.807) is 17.5 Å². The first-order chi connectivity index (χ1) is 9.22. The predicted octanol–water partition coefficient (Wildman–Crippen LogP) is 4.33. The normalized spacial score (nSPS) is 11.3. The van der Waals surface area contributed by atoms with Crippen molar-refractivity contribution in [3.05, 3.63) is 46.5 Å². The summed E-state index contributed by atoms with van der Waals surface area (Å²) in [6.45, 7) is 4.90. The Balaban J connectivity index is 1.80. The SMILES string of the molecule is CC(C)c1cc2ccc(OCc3nccs3)cc2[nH]1. The molecule has 98 valence electrons. The standard InChI is InChI=1S/C15H16N2OS/c1-10(2)13-7-11-3-4-12(8-14(11)17-13)18-9-15-16-5-6-19-15/h3-8,10,17H,9H2,1-2H3. The average Bonchev–Trinajstić information content (AvgIpc) is 3.04. The van der Waals surface area contributed by atoms with Gasteiger partial charge in [-0.2, -0.15) is 0 Å². The lowest BCUT2D eigenvalue weighted by molar-refractivity contribution is 0.306. The van der Waals surface area contributed by atoms with Crippen LogP contribution in [0, 0.1) is 0 Å². The predicted molar refractivity (Wildman–Crippen MR) is 78.8 cm³/mol. The molecule has 0 fully saturated rings. The van der Waals surface area contributed by atoms with Gasteiger partial charge in [0.25, 0.3) is 0 Å². The molecular formula is C15H16N2OS. The third-order valence-corrected chi connectivity index (χ3v) is 3.84. The van der Waals surface area contributed by atoms with Gasteiger partial charge in [-0.3, -0.25) is 0 Å². The molecule has 1 N–H and O–H groups in total. The Hall–Kier alpha value is -1.81. The maximum atomic E-state index is 5.76. The molecule has 2 heterocycles. The summed E-state index contributed by atoms with van der Waals surface area (Å²) < 4.78 is 5.76. The third-order valence-electron chi connectivity index (χ3n) is 3.08. The molecule has 0 aliphatic carbocycles. The van der Waals surface area contributed by atoms with Gasteiger partial charge in [0.2, 0.25) is 0 Å². The fraction of sp³-hybridized carbons (Fsp3) is 0.267. The molecule has 19 heavy (non-hydrogen) atoms. The van der Waals surface area contributed by atoms with Gasteiger partial charge in [0.15, 0.2) is 0 Å². The van der Waals surface area contributed by atoms with E-state index in [9.17, 15) is 0 Å². The first kappa shape index (κ1) is 12.2. The van der Waals surface area contributed by atoms with Crippen molar-refractivity contribution in [2.75, 3.05) is 0 Å². The summed E-state index contributed by atoms with van der Waals surface area (Å²) in [6, 6.07) is 8.35. The highest BCUT2D eigenvalue weighted by atomic mass is 32.1. The lowest BCUT2D eigenvalue weighted by Gasteiger charge is -2.03. The first-order valence-corrected chi connectivity index (χ1v) is 7.24. The number of fused-ring (bicyclic) bond motifs is 1. The largest absolute Gasteiger partial charge is 0.486 e. The number of nitrogens with zero attached hydrogens (tertiary/aromatic N) is 1. The van der Waals surface area contributed by atoms with E-state index in [-0.39, 0.29) is 0 Å². The molecule has 3 rings (SSSR count). The Morgan fingerprint density at radius 2 is 2.21 bits per heavy atom. The van der Waals surface area contributed by atoms with E-state index < -0.39 is 0 Å². The van der Waals surface area contributed by atoms with Crippen LogP contribution >= 0.6 is 11.3 Å². The van der Waals surface area contributed by atoms with Crippen molar-refractivity contribution in [2.24, 2.45) is 0 Å². The maximum absolute atomic E-state index is 5.76. The van der Waals surface area contributed by atoms with Gasteiger partial charge in [-0.05, 0) is 29.5 Å². The van der Waals surface area contributed by atoms with Crippen LogP contribution in [0.3, 0.4) is 0 Å². The molecule has 1 aromatic carbocycles. The van der Waals surface area contributed by atoms with Gasteiger partial charge in [0.1, 0.15) is 17.4 Å². The van der Waals surface area contributed by atoms with Crippen molar-refractivity contribution in [3.8, 4) is 5.75 Å². The minimum atomic E-state index is 0.507. The van der Waals surface area contributed by atoms with Crippen LogP contribution in [0.5, 0.6) is 5.75 Å². The fourth-order valence-electron chi connectivity index (χ4n) is 2.00. The van der Waals surface area contributed by atoms with Crippen LogP contribution in [0.4, 0.5) is 0 Å². The summed E-state index contributed by atoms with van der Waals surface area (Å²) >= 11 is 1.61. The zero-order valence-electron chi connectivity index (χ0n) is 11.0. The fourth-order valence-corrected chi connectivity index (χ4v) is 2.53. The Labute approximate surface area is 116 Å². The van der Waals surface area contributed by atoms with E-state index in [4.69, 9.17) is 4.74 Å². The van der Waals surface area contributed by atoms with Crippen molar-refractivity contribution in [2.45, 2.75) is 26.4 Å². The van der Waals surface area contributed by atoms with Gasteiger partial charge in [-0.1, -0.05) is 13.8 Å². The topological polar surface area (TPSA) is 37.9 Å². The smallest absolute Gasteiger partial charge is 0.140 e. The molecule has 2 aromatic heterocycles. The van der Waals surface area contributed by atoms with Gasteiger partial charge in [0.05, 0.1) is 0 Å². The molecule has 0 spiro atoms. The minimum absolute atomic E-state index is 0.507. The van der Waals surface area contributed by atoms with Gasteiger partial charge in [-0.25, -0.2) is 4.98 Å². The monoisotopic (exact) mass is 272 g/mol. The Morgan fingerprint density at radius 1 is 1.32 bits per heavy atom. The number of aromatic nitrogens is 2. The van der Waals surface area contributed by atoms with Crippen molar-refractivity contribution in [3.63, 3.8) is 0 Å². The van der Waals surface area contributed by atoms with E-state index in [0.29, 0.717) is 12.5 Å². The van der Waals surface area contributed by atoms with Crippen molar-refractivity contribution in [1.29, 1.82) is 0 Å². The van der Waals surface area contributed by atoms with Crippen LogP contribution in [-0.4, -0.2) is 9.97 Å². The minimum Gasteiger partial charge on any atom is -0.486 e. The Bertz CT molecular complexity index is 671. The molecule has 3 aromatic rings. The summed E-state index contributed by atoms with van der Waals surface area (Å²) in [6.07, 6.45) is 1.80. The van der Waals surface area contributed by atoms with Crippen molar-refractivity contribution in [1.82, 2.24) is 9.97 Å². The Morgan fingerprint density at radius 3 is 2.95 bits per heavy atom.